The highest BCUT2D eigenvalue weighted by Gasteiger charge is 2.47. The number of nitrogens with zero attached hydrogens (tertiary/aromatic N) is 1. The molecule has 0 spiro atoms. The van der Waals surface area contributed by atoms with Gasteiger partial charge >= 0.3 is 5.97 Å². The molecule has 1 aliphatic carbocycles. The molecular weight excluding hydrogens is 454 g/mol. The molecule has 0 heterocycles. The lowest BCUT2D eigenvalue weighted by molar-refractivity contribution is -0.141. The third-order valence-corrected chi connectivity index (χ3v) is 7.58. The molecule has 1 aliphatic rings. The number of rotatable bonds is 10. The van der Waals surface area contributed by atoms with E-state index in [1.807, 2.05) is 59.9 Å². The normalized spacial score (nSPS) is 18.4. The average Bonchev–Trinajstić information content (AvgIpc) is 3.30. The Balaban J connectivity index is 2.39. The Labute approximate surface area is 216 Å². The molecule has 36 heavy (non-hydrogen) atoms. The number of hydrogen-bond donors (Lipinski definition) is 3. The quantitative estimate of drug-likeness (QED) is 0.421. The topological polar surface area (TPSA) is 98.7 Å². The zero-order valence-corrected chi connectivity index (χ0v) is 23.2. The van der Waals surface area contributed by atoms with Crippen LogP contribution in [0.1, 0.15) is 72.8 Å². The van der Waals surface area contributed by atoms with Gasteiger partial charge in [-0.05, 0) is 43.7 Å². The molecule has 1 saturated carbocycles. The van der Waals surface area contributed by atoms with Gasteiger partial charge in [-0.2, -0.15) is 0 Å². The Morgan fingerprint density at radius 1 is 1.08 bits per heavy atom. The van der Waals surface area contributed by atoms with Crippen molar-refractivity contribution in [1.29, 1.82) is 0 Å². The second-order valence-electron chi connectivity index (χ2n) is 11.6. The summed E-state index contributed by atoms with van der Waals surface area (Å²) in [5.74, 6) is -1.45. The lowest BCUT2D eigenvalue weighted by atomic mass is 9.72. The molecule has 3 N–H and O–H groups in total. The molecule has 7 nitrogen and oxygen atoms in total. The Morgan fingerprint density at radius 2 is 1.64 bits per heavy atom. The summed E-state index contributed by atoms with van der Waals surface area (Å²) in [4.78, 5) is 40.7. The van der Waals surface area contributed by atoms with E-state index in [1.54, 1.807) is 18.0 Å². The van der Waals surface area contributed by atoms with Gasteiger partial charge in [0.15, 0.2) is 0 Å². The molecule has 2 amide bonds. The van der Waals surface area contributed by atoms with Crippen LogP contribution in [0.25, 0.3) is 0 Å². The van der Waals surface area contributed by atoms with Crippen molar-refractivity contribution in [2.45, 2.75) is 90.8 Å². The van der Waals surface area contributed by atoms with Crippen molar-refractivity contribution in [1.82, 2.24) is 15.5 Å². The monoisotopic (exact) mass is 499 g/mol. The maximum atomic E-state index is 13.9. The van der Waals surface area contributed by atoms with Gasteiger partial charge in [-0.25, -0.2) is 4.79 Å². The first-order valence-corrected chi connectivity index (χ1v) is 13.0. The standard InChI is InChI=1S/C29H45N3O4/c1-19(2)22(18-20(3)27(35)36)32(8)26(34)24(28(4,5)6)31-25(33)23(30-7)29(16-12-13-17-29)21-14-10-9-11-15-21/h9-11,14-15,18-19,22-24,30H,12-13,16-17H2,1-8H3,(H,31,33)(H,35,36)/b20-18+/t22-,23?,24-/m1/s1. The van der Waals surface area contributed by atoms with Crippen LogP contribution in [0.3, 0.4) is 0 Å². The number of nitrogens with one attached hydrogen (secondary N) is 2. The Hall–Kier alpha value is -2.67. The number of likely N-dealkylation sites (N-methyl/N-ethyl adjacent to an activating group) is 2. The number of carboxylic acids is 1. The highest BCUT2D eigenvalue weighted by molar-refractivity contribution is 5.92. The number of amides is 2. The molecule has 1 unspecified atom stereocenters. The molecule has 1 aromatic rings. The summed E-state index contributed by atoms with van der Waals surface area (Å²) in [6.07, 6.45) is 5.52. The lowest BCUT2D eigenvalue weighted by Crippen LogP contribution is -2.62. The third kappa shape index (κ3) is 6.55. The van der Waals surface area contributed by atoms with Crippen LogP contribution >= 0.6 is 0 Å². The van der Waals surface area contributed by atoms with Crippen LogP contribution in [0, 0.1) is 11.3 Å². The van der Waals surface area contributed by atoms with Crippen molar-refractivity contribution in [3.05, 3.63) is 47.5 Å². The van der Waals surface area contributed by atoms with E-state index in [9.17, 15) is 19.5 Å². The van der Waals surface area contributed by atoms with E-state index >= 15 is 0 Å². The largest absolute Gasteiger partial charge is 0.478 e. The highest BCUT2D eigenvalue weighted by Crippen LogP contribution is 2.44. The summed E-state index contributed by atoms with van der Waals surface area (Å²) < 4.78 is 0. The zero-order valence-electron chi connectivity index (χ0n) is 23.2. The van der Waals surface area contributed by atoms with E-state index in [4.69, 9.17) is 0 Å². The van der Waals surface area contributed by atoms with Gasteiger partial charge in [0.2, 0.25) is 11.8 Å². The average molecular weight is 500 g/mol. The minimum Gasteiger partial charge on any atom is -0.478 e. The molecule has 0 aromatic heterocycles. The maximum Gasteiger partial charge on any atom is 0.331 e. The number of carbonyl (C=O) groups excluding carboxylic acids is 2. The van der Waals surface area contributed by atoms with Crippen LogP contribution < -0.4 is 10.6 Å². The highest BCUT2D eigenvalue weighted by atomic mass is 16.4. The van der Waals surface area contributed by atoms with E-state index in [-0.39, 0.29) is 28.7 Å². The van der Waals surface area contributed by atoms with Gasteiger partial charge in [0.05, 0.1) is 12.1 Å². The fourth-order valence-electron chi connectivity index (χ4n) is 5.48. The molecule has 200 valence electrons. The molecule has 0 bridgehead atoms. The molecular formula is C29H45N3O4. The summed E-state index contributed by atoms with van der Waals surface area (Å²) in [6, 6.07) is 8.50. The second-order valence-corrected chi connectivity index (χ2v) is 11.6. The minimum absolute atomic E-state index is 0.00512. The van der Waals surface area contributed by atoms with Crippen LogP contribution in [-0.2, 0) is 19.8 Å². The molecule has 0 radical (unpaired) electrons. The summed E-state index contributed by atoms with van der Waals surface area (Å²) in [7, 11) is 3.49. The van der Waals surface area contributed by atoms with Crippen molar-refractivity contribution in [3.63, 3.8) is 0 Å². The van der Waals surface area contributed by atoms with Gasteiger partial charge in [0.25, 0.3) is 0 Å². The Kier molecular flexibility index (Phi) is 9.89. The number of carbonyl (C=O) groups is 3. The number of carboxylic acid groups (broad SMARTS) is 1. The van der Waals surface area contributed by atoms with Gasteiger partial charge in [-0.15, -0.1) is 0 Å². The van der Waals surface area contributed by atoms with E-state index in [0.717, 1.165) is 31.2 Å². The molecule has 0 saturated heterocycles. The predicted molar refractivity (Wildman–Crippen MR) is 144 cm³/mol. The minimum atomic E-state index is -1.01. The summed E-state index contributed by atoms with van der Waals surface area (Å²) in [6.45, 7) is 11.2. The summed E-state index contributed by atoms with van der Waals surface area (Å²) >= 11 is 0. The lowest BCUT2D eigenvalue weighted by Gasteiger charge is -2.41. The van der Waals surface area contributed by atoms with Crippen LogP contribution in [0.5, 0.6) is 0 Å². The van der Waals surface area contributed by atoms with Gasteiger partial charge in [-0.3, -0.25) is 9.59 Å². The number of hydrogen-bond acceptors (Lipinski definition) is 4. The molecule has 1 fully saturated rings. The number of aliphatic carboxylic acids is 1. The zero-order chi connectivity index (χ0) is 27.3. The van der Waals surface area contributed by atoms with Crippen LogP contribution in [-0.4, -0.2) is 60.0 Å². The van der Waals surface area contributed by atoms with Crippen LogP contribution in [0.2, 0.25) is 0 Å². The number of benzene rings is 1. The van der Waals surface area contributed by atoms with Gasteiger partial charge in [0.1, 0.15) is 6.04 Å². The Bertz CT molecular complexity index is 943. The fraction of sp³-hybridized carbons (Fsp3) is 0.621. The van der Waals surface area contributed by atoms with E-state index < -0.39 is 29.5 Å². The molecule has 2 rings (SSSR count). The first kappa shape index (κ1) is 29.6. The third-order valence-electron chi connectivity index (χ3n) is 7.58. The maximum absolute atomic E-state index is 13.9. The van der Waals surface area contributed by atoms with Crippen molar-refractivity contribution in [3.8, 4) is 0 Å². The smallest absolute Gasteiger partial charge is 0.331 e. The van der Waals surface area contributed by atoms with Crippen LogP contribution in [0.4, 0.5) is 0 Å². The fourth-order valence-corrected chi connectivity index (χ4v) is 5.48. The molecule has 0 aliphatic heterocycles. The van der Waals surface area contributed by atoms with Crippen molar-refractivity contribution >= 4 is 17.8 Å². The van der Waals surface area contributed by atoms with Crippen LogP contribution in [0.15, 0.2) is 42.0 Å². The first-order valence-electron chi connectivity index (χ1n) is 13.0. The van der Waals surface area contributed by atoms with Gasteiger partial charge in [-0.1, -0.05) is 83.9 Å². The van der Waals surface area contributed by atoms with Gasteiger partial charge in [0, 0.05) is 18.0 Å². The second kappa shape index (κ2) is 12.0. The first-order chi connectivity index (χ1) is 16.8. The molecule has 1 aromatic carbocycles. The summed E-state index contributed by atoms with van der Waals surface area (Å²) in [5, 5.41) is 15.7. The summed E-state index contributed by atoms with van der Waals surface area (Å²) in [5.41, 5.74) is 0.439. The van der Waals surface area contributed by atoms with Gasteiger partial charge < -0.3 is 20.6 Å². The van der Waals surface area contributed by atoms with Crippen molar-refractivity contribution in [2.24, 2.45) is 11.3 Å². The Morgan fingerprint density at radius 3 is 2.08 bits per heavy atom. The van der Waals surface area contributed by atoms with Crippen molar-refractivity contribution in [2.75, 3.05) is 14.1 Å². The van der Waals surface area contributed by atoms with E-state index in [2.05, 4.69) is 22.8 Å². The molecule has 7 heteroatoms. The SMILES string of the molecule is CNC(C(=O)N[C@H](C(=O)N(C)[C@H](/C=C(\C)C(=O)O)C(C)C)C(C)(C)C)C1(c2ccccc2)CCCC1. The van der Waals surface area contributed by atoms with E-state index in [1.165, 1.54) is 6.92 Å². The predicted octanol–water partition coefficient (Wildman–Crippen LogP) is 4.13. The molecule has 3 atom stereocenters. The van der Waals surface area contributed by atoms with Crippen molar-refractivity contribution < 1.29 is 19.5 Å². The van der Waals surface area contributed by atoms with E-state index in [0.29, 0.717) is 0 Å².